The lowest BCUT2D eigenvalue weighted by atomic mass is 10.0. The number of nitrogens with zero attached hydrogens (tertiary/aromatic N) is 2. The highest BCUT2D eigenvalue weighted by atomic mass is 32.2. The van der Waals surface area contributed by atoms with Gasteiger partial charge in [-0.1, -0.05) is 36.8 Å². The van der Waals surface area contributed by atoms with Crippen LogP contribution in [0.2, 0.25) is 0 Å². The van der Waals surface area contributed by atoms with E-state index < -0.39 is 21.9 Å². The van der Waals surface area contributed by atoms with Gasteiger partial charge in [-0.25, -0.2) is 13.2 Å². The molecule has 1 aromatic heterocycles. The molecule has 2 aliphatic heterocycles. The van der Waals surface area contributed by atoms with E-state index in [-0.39, 0.29) is 4.90 Å². The Balaban J connectivity index is 1.33. The van der Waals surface area contributed by atoms with Gasteiger partial charge in [0, 0.05) is 43.2 Å². The highest BCUT2D eigenvalue weighted by Gasteiger charge is 2.30. The molecule has 0 spiro atoms. The summed E-state index contributed by atoms with van der Waals surface area (Å²) < 4.78 is 32.4. The molecule has 5 rings (SSSR count). The van der Waals surface area contributed by atoms with Crippen molar-refractivity contribution in [3.8, 4) is 0 Å². The Labute approximate surface area is 227 Å². The number of thiophene rings is 1. The highest BCUT2D eigenvalue weighted by molar-refractivity contribution is 7.89. The van der Waals surface area contributed by atoms with Crippen LogP contribution in [0.3, 0.4) is 0 Å². The van der Waals surface area contributed by atoms with Crippen LogP contribution in [0.15, 0.2) is 59.5 Å². The molecule has 2 aromatic carbocycles. The summed E-state index contributed by atoms with van der Waals surface area (Å²) in [6.45, 7) is 3.32. The van der Waals surface area contributed by atoms with E-state index in [1.54, 1.807) is 0 Å². The minimum absolute atomic E-state index is 0.177. The first-order valence-electron chi connectivity index (χ1n) is 12.8. The fourth-order valence-electron chi connectivity index (χ4n) is 5.05. The monoisotopic (exact) mass is 553 g/mol. The topological polar surface area (TPSA) is 96.0 Å². The molecule has 38 heavy (non-hydrogen) atoms. The minimum Gasteiger partial charge on any atom is -0.465 e. The summed E-state index contributed by atoms with van der Waals surface area (Å²) >= 11 is 1.39. The Morgan fingerprint density at radius 1 is 0.974 bits per heavy atom. The smallest absolute Gasteiger partial charge is 0.341 e. The zero-order chi connectivity index (χ0) is 26.7. The summed E-state index contributed by atoms with van der Waals surface area (Å²) in [5, 5.41) is 3.34. The standard InChI is InChI=1S/C28H31N3O5S2/c1-36-28(33)25-23-14-17-30(18-20-8-4-2-5-9-20)19-24(23)37-27(25)29-26(32)21-10-12-22(13-11-21)38(34,35)31-15-6-3-7-16-31/h2,4-5,8-13H,3,6-7,14-19H2,1H3,(H,29,32). The molecule has 1 amide bonds. The van der Waals surface area contributed by atoms with Crippen LogP contribution in [0.4, 0.5) is 5.00 Å². The minimum atomic E-state index is -3.58. The summed E-state index contributed by atoms with van der Waals surface area (Å²) in [6.07, 6.45) is 3.44. The molecule has 0 radical (unpaired) electrons. The summed E-state index contributed by atoms with van der Waals surface area (Å²) in [6, 6.07) is 16.2. The van der Waals surface area contributed by atoms with E-state index in [9.17, 15) is 18.0 Å². The lowest BCUT2D eigenvalue weighted by Gasteiger charge is -2.27. The van der Waals surface area contributed by atoms with E-state index in [4.69, 9.17) is 4.74 Å². The van der Waals surface area contributed by atoms with Gasteiger partial charge >= 0.3 is 5.97 Å². The predicted molar refractivity (Wildman–Crippen MR) is 147 cm³/mol. The number of hydrogen-bond acceptors (Lipinski definition) is 7. The van der Waals surface area contributed by atoms with E-state index in [1.165, 1.54) is 52.6 Å². The second-order valence-electron chi connectivity index (χ2n) is 9.59. The summed E-state index contributed by atoms with van der Waals surface area (Å²) in [5.74, 6) is -0.880. The van der Waals surface area contributed by atoms with Gasteiger partial charge in [0.2, 0.25) is 10.0 Å². The third-order valence-electron chi connectivity index (χ3n) is 7.07. The average Bonchev–Trinajstić information content (AvgIpc) is 3.30. The molecule has 3 heterocycles. The van der Waals surface area contributed by atoms with Gasteiger partial charge in [-0.3, -0.25) is 9.69 Å². The number of methoxy groups -OCH3 is 1. The fraction of sp³-hybridized carbons (Fsp3) is 0.357. The van der Waals surface area contributed by atoms with Crippen LogP contribution in [0.25, 0.3) is 0 Å². The molecule has 0 atom stereocenters. The first kappa shape index (κ1) is 26.6. The number of rotatable bonds is 7. The number of piperidine rings is 1. The number of carbonyl (C=O) groups is 2. The summed E-state index contributed by atoms with van der Waals surface area (Å²) in [7, 11) is -2.24. The number of sulfonamides is 1. The maximum Gasteiger partial charge on any atom is 0.341 e. The first-order chi connectivity index (χ1) is 18.4. The van der Waals surface area contributed by atoms with Gasteiger partial charge < -0.3 is 10.1 Å². The lowest BCUT2D eigenvalue weighted by molar-refractivity contribution is 0.0600. The van der Waals surface area contributed by atoms with Gasteiger partial charge in [0.05, 0.1) is 17.6 Å². The second-order valence-corrected chi connectivity index (χ2v) is 12.6. The van der Waals surface area contributed by atoms with Gasteiger partial charge in [-0.05, 0) is 54.7 Å². The van der Waals surface area contributed by atoms with E-state index in [0.717, 1.165) is 42.8 Å². The van der Waals surface area contributed by atoms with Crippen molar-refractivity contribution >= 4 is 38.2 Å². The Kier molecular flexibility index (Phi) is 7.94. The van der Waals surface area contributed by atoms with Crippen LogP contribution < -0.4 is 5.32 Å². The van der Waals surface area contributed by atoms with Crippen molar-refractivity contribution < 1.29 is 22.7 Å². The third kappa shape index (κ3) is 5.54. The zero-order valence-electron chi connectivity index (χ0n) is 21.3. The number of nitrogens with one attached hydrogen (secondary N) is 1. The lowest BCUT2D eigenvalue weighted by Crippen LogP contribution is -2.35. The molecule has 1 saturated heterocycles. The quantitative estimate of drug-likeness (QED) is 0.432. The number of esters is 1. The number of anilines is 1. The van der Waals surface area contributed by atoms with Gasteiger partial charge in [-0.2, -0.15) is 4.31 Å². The molecule has 200 valence electrons. The van der Waals surface area contributed by atoms with Crippen molar-refractivity contribution in [2.45, 2.75) is 43.7 Å². The van der Waals surface area contributed by atoms with Gasteiger partial charge in [0.15, 0.2) is 0 Å². The Morgan fingerprint density at radius 2 is 1.68 bits per heavy atom. The van der Waals surface area contributed by atoms with Crippen LogP contribution in [0, 0.1) is 0 Å². The van der Waals surface area contributed by atoms with Crippen LogP contribution in [0.5, 0.6) is 0 Å². The number of benzene rings is 2. The average molecular weight is 554 g/mol. The van der Waals surface area contributed by atoms with E-state index in [2.05, 4.69) is 22.3 Å². The van der Waals surface area contributed by atoms with Gasteiger partial charge in [0.25, 0.3) is 5.91 Å². The molecular weight excluding hydrogens is 522 g/mol. The van der Waals surface area contributed by atoms with E-state index >= 15 is 0 Å². The van der Waals surface area contributed by atoms with E-state index in [1.807, 2.05) is 18.2 Å². The maximum absolute atomic E-state index is 13.1. The molecule has 2 aliphatic rings. The highest BCUT2D eigenvalue weighted by Crippen LogP contribution is 2.38. The van der Waals surface area contributed by atoms with E-state index in [0.29, 0.717) is 42.2 Å². The molecule has 8 nitrogen and oxygen atoms in total. The summed E-state index contributed by atoms with van der Waals surface area (Å²) in [4.78, 5) is 29.4. The predicted octanol–water partition coefficient (Wildman–Crippen LogP) is 4.52. The van der Waals surface area contributed by atoms with Crippen LogP contribution in [-0.4, -0.2) is 56.2 Å². The molecular formula is C28H31N3O5S2. The Hall–Kier alpha value is -3.05. The largest absolute Gasteiger partial charge is 0.465 e. The SMILES string of the molecule is COC(=O)c1c(NC(=O)c2ccc(S(=O)(=O)N3CCCCC3)cc2)sc2c1CCN(Cc1ccccc1)C2. The zero-order valence-corrected chi connectivity index (χ0v) is 22.9. The van der Waals surface area contributed by atoms with Crippen molar-refractivity contribution in [2.75, 3.05) is 32.1 Å². The third-order valence-corrected chi connectivity index (χ3v) is 10.1. The number of amides is 1. The molecule has 3 aromatic rings. The van der Waals surface area contributed by atoms with Gasteiger partial charge in [0.1, 0.15) is 5.00 Å². The molecule has 1 N–H and O–H groups in total. The van der Waals surface area contributed by atoms with Crippen molar-refractivity contribution in [3.63, 3.8) is 0 Å². The number of fused-ring (bicyclic) bond motifs is 1. The molecule has 0 saturated carbocycles. The molecule has 0 aliphatic carbocycles. The number of hydrogen-bond donors (Lipinski definition) is 1. The first-order valence-corrected chi connectivity index (χ1v) is 15.0. The summed E-state index contributed by atoms with van der Waals surface area (Å²) in [5.41, 5.74) is 2.87. The van der Waals surface area contributed by atoms with Crippen molar-refractivity contribution in [2.24, 2.45) is 0 Å². The molecule has 0 bridgehead atoms. The number of ether oxygens (including phenoxy) is 1. The normalized spacial score (nSPS) is 16.6. The van der Waals surface area contributed by atoms with Crippen LogP contribution in [-0.2, 0) is 34.3 Å². The van der Waals surface area contributed by atoms with Crippen molar-refractivity contribution in [1.29, 1.82) is 0 Å². The second kappa shape index (κ2) is 11.4. The molecule has 1 fully saturated rings. The number of carbonyl (C=O) groups excluding carboxylic acids is 2. The molecule has 0 unspecified atom stereocenters. The van der Waals surface area contributed by atoms with Gasteiger partial charge in [-0.15, -0.1) is 11.3 Å². The Morgan fingerprint density at radius 3 is 2.37 bits per heavy atom. The maximum atomic E-state index is 13.1. The molecule has 10 heteroatoms. The fourth-order valence-corrected chi connectivity index (χ4v) is 7.84. The van der Waals surface area contributed by atoms with Crippen LogP contribution >= 0.6 is 11.3 Å². The van der Waals surface area contributed by atoms with Crippen LogP contribution in [0.1, 0.15) is 56.0 Å². The Bertz CT molecular complexity index is 1410. The van der Waals surface area contributed by atoms with Crippen molar-refractivity contribution in [3.05, 3.63) is 81.7 Å². The van der Waals surface area contributed by atoms with Crippen molar-refractivity contribution in [1.82, 2.24) is 9.21 Å².